The minimum absolute atomic E-state index is 0.187. The van der Waals surface area contributed by atoms with E-state index in [1.165, 1.54) is 11.1 Å². The number of hydrogen-bond donors (Lipinski definition) is 0. The molecule has 3 atom stereocenters. The molecule has 0 amide bonds. The number of hydrogen-bond acceptors (Lipinski definition) is 5. The molecule has 1 fully saturated rings. The molecular weight excluding hydrogens is 342 g/mol. The van der Waals surface area contributed by atoms with Crippen LogP contribution in [0.4, 0.5) is 0 Å². The van der Waals surface area contributed by atoms with Gasteiger partial charge in [0, 0.05) is 18.5 Å². The van der Waals surface area contributed by atoms with Gasteiger partial charge >= 0.3 is 0 Å². The van der Waals surface area contributed by atoms with Crippen LogP contribution in [0, 0.1) is 5.92 Å². The molecule has 142 valence electrons. The highest BCUT2D eigenvalue weighted by atomic mass is 16.7. The van der Waals surface area contributed by atoms with Crippen molar-refractivity contribution in [1.29, 1.82) is 0 Å². The van der Waals surface area contributed by atoms with Gasteiger partial charge in [-0.15, -0.1) is 0 Å². The van der Waals surface area contributed by atoms with E-state index in [1.54, 1.807) is 14.0 Å². The molecule has 0 radical (unpaired) electrons. The molecule has 27 heavy (non-hydrogen) atoms. The van der Waals surface area contributed by atoms with E-state index in [0.29, 0.717) is 18.4 Å². The number of fused-ring (bicyclic) bond motifs is 1. The van der Waals surface area contributed by atoms with E-state index in [0.717, 1.165) is 23.8 Å². The molecule has 0 bridgehead atoms. The number of likely N-dealkylation sites (tertiary alicyclic amines) is 1. The Morgan fingerprint density at radius 2 is 1.81 bits per heavy atom. The van der Waals surface area contributed by atoms with Crippen molar-refractivity contribution >= 4 is 5.78 Å². The van der Waals surface area contributed by atoms with Gasteiger partial charge in [0.05, 0.1) is 13.7 Å². The molecule has 0 aromatic heterocycles. The van der Waals surface area contributed by atoms with E-state index >= 15 is 0 Å². The number of carbonyl (C=O) groups excluding carboxylic acids is 1. The molecule has 0 spiro atoms. The van der Waals surface area contributed by atoms with E-state index < -0.39 is 0 Å². The van der Waals surface area contributed by atoms with E-state index in [9.17, 15) is 4.79 Å². The standard InChI is InChI=1S/C22H25NO4/c1-14(24)11-23-12-19(17-6-9-20-21(10-17)27-13-26-20)15(2)22(23)16-4-7-18(25-3)8-5-16/h4-10,15,19,22H,11-13H2,1-3H3. The molecule has 2 aromatic carbocycles. The van der Waals surface area contributed by atoms with Crippen molar-refractivity contribution in [2.45, 2.75) is 25.8 Å². The summed E-state index contributed by atoms with van der Waals surface area (Å²) in [6, 6.07) is 14.6. The highest BCUT2D eigenvalue weighted by Gasteiger charge is 2.41. The summed E-state index contributed by atoms with van der Waals surface area (Å²) >= 11 is 0. The van der Waals surface area contributed by atoms with Gasteiger partial charge in [-0.1, -0.05) is 25.1 Å². The fourth-order valence-electron chi connectivity index (χ4n) is 4.40. The Bertz CT molecular complexity index is 833. The van der Waals surface area contributed by atoms with Crippen molar-refractivity contribution in [1.82, 2.24) is 4.90 Å². The Morgan fingerprint density at radius 1 is 1.11 bits per heavy atom. The van der Waals surface area contributed by atoms with Crippen molar-refractivity contribution in [3.8, 4) is 17.2 Å². The van der Waals surface area contributed by atoms with Crippen LogP contribution in [0.25, 0.3) is 0 Å². The molecule has 2 aliphatic heterocycles. The van der Waals surface area contributed by atoms with Gasteiger partial charge in [-0.05, 0) is 48.2 Å². The summed E-state index contributed by atoms with van der Waals surface area (Å²) in [5.74, 6) is 3.33. The summed E-state index contributed by atoms with van der Waals surface area (Å²) in [5, 5.41) is 0. The normalized spacial score (nSPS) is 24.2. The first-order valence-electron chi connectivity index (χ1n) is 9.34. The fraction of sp³-hybridized carbons (Fsp3) is 0.409. The van der Waals surface area contributed by atoms with Crippen molar-refractivity contribution in [2.75, 3.05) is 27.0 Å². The topological polar surface area (TPSA) is 48.0 Å². The van der Waals surface area contributed by atoms with Crippen LogP contribution in [0.5, 0.6) is 17.2 Å². The summed E-state index contributed by atoms with van der Waals surface area (Å²) in [6.45, 7) is 5.51. The first kappa shape index (κ1) is 17.9. The highest BCUT2D eigenvalue weighted by Crippen LogP contribution is 2.47. The van der Waals surface area contributed by atoms with Crippen LogP contribution in [0.2, 0.25) is 0 Å². The van der Waals surface area contributed by atoms with Crippen molar-refractivity contribution in [3.05, 3.63) is 53.6 Å². The van der Waals surface area contributed by atoms with Gasteiger partial charge in [0.2, 0.25) is 6.79 Å². The van der Waals surface area contributed by atoms with Crippen LogP contribution < -0.4 is 14.2 Å². The number of ketones is 1. The van der Waals surface area contributed by atoms with Crippen LogP contribution in [0.15, 0.2) is 42.5 Å². The summed E-state index contributed by atoms with van der Waals surface area (Å²) in [4.78, 5) is 14.2. The van der Waals surface area contributed by atoms with Crippen molar-refractivity contribution in [3.63, 3.8) is 0 Å². The second-order valence-electron chi connectivity index (χ2n) is 7.43. The Morgan fingerprint density at radius 3 is 2.52 bits per heavy atom. The quantitative estimate of drug-likeness (QED) is 0.805. The summed E-state index contributed by atoms with van der Waals surface area (Å²) in [7, 11) is 1.67. The first-order valence-corrected chi connectivity index (χ1v) is 9.34. The third-order valence-corrected chi connectivity index (χ3v) is 5.67. The van der Waals surface area contributed by atoms with Gasteiger partial charge in [-0.25, -0.2) is 0 Å². The molecule has 2 heterocycles. The zero-order chi connectivity index (χ0) is 19.0. The van der Waals surface area contributed by atoms with Crippen LogP contribution in [-0.2, 0) is 4.79 Å². The maximum atomic E-state index is 11.9. The van der Waals surface area contributed by atoms with Gasteiger partial charge in [0.15, 0.2) is 11.5 Å². The van der Waals surface area contributed by atoms with E-state index in [4.69, 9.17) is 14.2 Å². The maximum absolute atomic E-state index is 11.9. The summed E-state index contributed by atoms with van der Waals surface area (Å²) < 4.78 is 16.3. The SMILES string of the molecule is COc1ccc(C2C(C)C(c3ccc4c(c3)OCO4)CN2CC(C)=O)cc1. The van der Waals surface area contributed by atoms with Gasteiger partial charge < -0.3 is 14.2 Å². The molecule has 2 aromatic rings. The maximum Gasteiger partial charge on any atom is 0.231 e. The average Bonchev–Trinajstić information content (AvgIpc) is 3.25. The first-order chi connectivity index (χ1) is 13.1. The Labute approximate surface area is 159 Å². The molecule has 0 saturated carbocycles. The van der Waals surface area contributed by atoms with Gasteiger partial charge in [-0.3, -0.25) is 9.69 Å². The summed E-state index contributed by atoms with van der Waals surface area (Å²) in [6.07, 6.45) is 0. The van der Waals surface area contributed by atoms with Crippen LogP contribution in [-0.4, -0.2) is 37.7 Å². The minimum Gasteiger partial charge on any atom is -0.497 e. The highest BCUT2D eigenvalue weighted by molar-refractivity contribution is 5.77. The lowest BCUT2D eigenvalue weighted by Crippen LogP contribution is -2.29. The van der Waals surface area contributed by atoms with Gasteiger partial charge in [0.25, 0.3) is 0 Å². The summed E-state index contributed by atoms with van der Waals surface area (Å²) in [5.41, 5.74) is 2.45. The Hall–Kier alpha value is -2.53. The largest absolute Gasteiger partial charge is 0.497 e. The van der Waals surface area contributed by atoms with Gasteiger partial charge in [0.1, 0.15) is 11.5 Å². The van der Waals surface area contributed by atoms with Crippen LogP contribution in [0.1, 0.15) is 36.9 Å². The molecule has 5 nitrogen and oxygen atoms in total. The number of methoxy groups -OCH3 is 1. The number of nitrogens with zero attached hydrogens (tertiary/aromatic N) is 1. The van der Waals surface area contributed by atoms with Gasteiger partial charge in [-0.2, -0.15) is 0 Å². The van der Waals surface area contributed by atoms with Crippen LogP contribution >= 0.6 is 0 Å². The van der Waals surface area contributed by atoms with E-state index in [-0.39, 0.29) is 18.6 Å². The molecule has 1 saturated heterocycles. The number of carbonyl (C=O) groups is 1. The number of ether oxygens (including phenoxy) is 3. The second-order valence-corrected chi connectivity index (χ2v) is 7.43. The smallest absolute Gasteiger partial charge is 0.231 e. The number of benzene rings is 2. The number of rotatable bonds is 5. The lowest BCUT2D eigenvalue weighted by atomic mass is 9.84. The zero-order valence-electron chi connectivity index (χ0n) is 16.0. The molecule has 3 unspecified atom stereocenters. The molecule has 0 N–H and O–H groups in total. The molecule has 2 aliphatic rings. The number of Topliss-reactive ketones (excluding diaryl/α,β-unsaturated/α-hetero) is 1. The predicted octanol–water partition coefficient (Wildman–Crippen LogP) is 3.79. The van der Waals surface area contributed by atoms with Crippen LogP contribution in [0.3, 0.4) is 0 Å². The zero-order valence-corrected chi connectivity index (χ0v) is 16.0. The molecular formula is C22H25NO4. The van der Waals surface area contributed by atoms with E-state index in [1.807, 2.05) is 18.2 Å². The molecule has 4 rings (SSSR count). The minimum atomic E-state index is 0.187. The Balaban J connectivity index is 1.65. The monoisotopic (exact) mass is 367 g/mol. The fourth-order valence-corrected chi connectivity index (χ4v) is 4.40. The average molecular weight is 367 g/mol. The second kappa shape index (κ2) is 7.24. The van der Waals surface area contributed by atoms with Crippen molar-refractivity contribution in [2.24, 2.45) is 5.92 Å². The molecule has 5 heteroatoms. The Kier molecular flexibility index (Phi) is 4.79. The van der Waals surface area contributed by atoms with Crippen molar-refractivity contribution < 1.29 is 19.0 Å². The third-order valence-electron chi connectivity index (χ3n) is 5.67. The third kappa shape index (κ3) is 3.39. The van der Waals surface area contributed by atoms with E-state index in [2.05, 4.69) is 36.1 Å². The lowest BCUT2D eigenvalue weighted by molar-refractivity contribution is -0.118. The predicted molar refractivity (Wildman–Crippen MR) is 102 cm³/mol. The lowest BCUT2D eigenvalue weighted by Gasteiger charge is -2.26. The molecule has 0 aliphatic carbocycles.